The molecule has 3 aromatic rings. The number of benzene rings is 2. The number of carbonyl (C=O) groups is 2. The molecule has 0 radical (unpaired) electrons. The van der Waals surface area contributed by atoms with Crippen molar-refractivity contribution in [3.63, 3.8) is 0 Å². The molecule has 0 aliphatic rings. The van der Waals surface area contributed by atoms with Gasteiger partial charge in [-0.2, -0.15) is 0 Å². The number of esters is 1. The zero-order valence-electron chi connectivity index (χ0n) is 11.6. The summed E-state index contributed by atoms with van der Waals surface area (Å²) in [5.41, 5.74) is 1.87. The number of ketones is 1. The summed E-state index contributed by atoms with van der Waals surface area (Å²) in [6.45, 7) is -0.306. The molecule has 1 heterocycles. The number of nitrogens with zero attached hydrogens (tertiary/aromatic N) is 2. The number of ether oxygens (including phenoxy) is 1. The molecule has 5 nitrogen and oxygen atoms in total. The molecule has 5 heteroatoms. The lowest BCUT2D eigenvalue weighted by atomic mass is 10.1. The fraction of sp³-hybridized carbons (Fsp3) is 0.0588. The van der Waals surface area contributed by atoms with Crippen LogP contribution < -0.4 is 0 Å². The molecule has 108 valence electrons. The van der Waals surface area contributed by atoms with E-state index in [1.807, 2.05) is 6.07 Å². The first kappa shape index (κ1) is 13.9. The van der Waals surface area contributed by atoms with Crippen molar-refractivity contribution in [1.82, 2.24) is 9.97 Å². The monoisotopic (exact) mass is 292 g/mol. The van der Waals surface area contributed by atoms with Gasteiger partial charge in [-0.3, -0.25) is 14.8 Å². The van der Waals surface area contributed by atoms with Crippen LogP contribution in [0.3, 0.4) is 0 Å². The highest BCUT2D eigenvalue weighted by molar-refractivity contribution is 6.03. The minimum atomic E-state index is -0.588. The summed E-state index contributed by atoms with van der Waals surface area (Å²) in [6, 6.07) is 13.8. The number of rotatable bonds is 4. The molecule has 0 bridgehead atoms. The lowest BCUT2D eigenvalue weighted by molar-refractivity contribution is 0.0476. The van der Waals surface area contributed by atoms with E-state index in [0.29, 0.717) is 22.2 Å². The lowest BCUT2D eigenvalue weighted by Crippen LogP contribution is -2.14. The third-order valence-electron chi connectivity index (χ3n) is 3.15. The van der Waals surface area contributed by atoms with Crippen molar-refractivity contribution in [2.75, 3.05) is 6.61 Å². The largest absolute Gasteiger partial charge is 0.454 e. The van der Waals surface area contributed by atoms with Crippen LogP contribution in [0.4, 0.5) is 0 Å². The zero-order chi connectivity index (χ0) is 15.4. The molecular weight excluding hydrogens is 280 g/mol. The van der Waals surface area contributed by atoms with Crippen LogP contribution in [0.5, 0.6) is 0 Å². The molecule has 3 rings (SSSR count). The van der Waals surface area contributed by atoms with Crippen LogP contribution in [0.15, 0.2) is 60.9 Å². The Labute approximate surface area is 126 Å². The second-order valence-corrected chi connectivity index (χ2v) is 4.59. The molecule has 0 aliphatic heterocycles. The average Bonchev–Trinajstić information content (AvgIpc) is 2.59. The van der Waals surface area contributed by atoms with Crippen molar-refractivity contribution < 1.29 is 14.3 Å². The quantitative estimate of drug-likeness (QED) is 0.546. The Hall–Kier alpha value is -3.08. The van der Waals surface area contributed by atoms with Gasteiger partial charge in [0.2, 0.25) is 0 Å². The summed E-state index contributed by atoms with van der Waals surface area (Å²) in [4.78, 5) is 32.4. The van der Waals surface area contributed by atoms with Crippen molar-refractivity contribution in [3.05, 3.63) is 72.1 Å². The van der Waals surface area contributed by atoms with E-state index in [1.165, 1.54) is 6.20 Å². The summed E-state index contributed by atoms with van der Waals surface area (Å²) >= 11 is 0. The maximum absolute atomic E-state index is 12.2. The predicted molar refractivity (Wildman–Crippen MR) is 80.6 cm³/mol. The van der Waals surface area contributed by atoms with Crippen LogP contribution in [0.25, 0.3) is 11.0 Å². The number of fused-ring (bicyclic) bond motifs is 1. The standard InChI is InChI=1S/C17H12N2O3/c20-15(12-5-2-1-3-6-12)11-22-17(21)13-7-4-8-14-16(13)19-10-9-18-14/h1-10H,11H2. The third-order valence-corrected chi connectivity index (χ3v) is 3.15. The van der Waals surface area contributed by atoms with Gasteiger partial charge >= 0.3 is 5.97 Å². The van der Waals surface area contributed by atoms with Gasteiger partial charge in [0.05, 0.1) is 11.1 Å². The van der Waals surface area contributed by atoms with Gasteiger partial charge < -0.3 is 4.74 Å². The summed E-state index contributed by atoms with van der Waals surface area (Å²) < 4.78 is 5.10. The lowest BCUT2D eigenvalue weighted by Gasteiger charge is -2.06. The van der Waals surface area contributed by atoms with Crippen LogP contribution in [0, 0.1) is 0 Å². The summed E-state index contributed by atoms with van der Waals surface area (Å²) in [6.07, 6.45) is 3.06. The Balaban J connectivity index is 1.76. The molecule has 0 saturated carbocycles. The summed E-state index contributed by atoms with van der Waals surface area (Å²) in [5.74, 6) is -0.837. The van der Waals surface area contributed by atoms with E-state index in [1.54, 1.807) is 48.7 Å². The fourth-order valence-corrected chi connectivity index (χ4v) is 2.07. The van der Waals surface area contributed by atoms with Crippen LogP contribution in [-0.2, 0) is 4.74 Å². The van der Waals surface area contributed by atoms with E-state index >= 15 is 0 Å². The predicted octanol–water partition coefficient (Wildman–Crippen LogP) is 2.67. The second kappa shape index (κ2) is 6.13. The van der Waals surface area contributed by atoms with Gasteiger partial charge in [-0.1, -0.05) is 36.4 Å². The van der Waals surface area contributed by atoms with E-state index in [-0.39, 0.29) is 12.4 Å². The summed E-state index contributed by atoms with van der Waals surface area (Å²) in [7, 11) is 0. The van der Waals surface area contributed by atoms with Crippen molar-refractivity contribution >= 4 is 22.8 Å². The Morgan fingerprint density at radius 2 is 1.68 bits per heavy atom. The molecular formula is C17H12N2O3. The van der Waals surface area contributed by atoms with Crippen LogP contribution in [0.1, 0.15) is 20.7 Å². The third kappa shape index (κ3) is 2.83. The number of Topliss-reactive ketones (excluding diaryl/α,β-unsaturated/α-hetero) is 1. The molecule has 0 atom stereocenters. The number of aromatic nitrogens is 2. The van der Waals surface area contributed by atoms with E-state index in [9.17, 15) is 9.59 Å². The topological polar surface area (TPSA) is 69.2 Å². The van der Waals surface area contributed by atoms with E-state index in [2.05, 4.69) is 9.97 Å². The first-order valence-electron chi connectivity index (χ1n) is 6.71. The van der Waals surface area contributed by atoms with E-state index < -0.39 is 5.97 Å². The first-order chi connectivity index (χ1) is 10.8. The van der Waals surface area contributed by atoms with Gasteiger partial charge in [-0.15, -0.1) is 0 Å². The van der Waals surface area contributed by atoms with Crippen molar-refractivity contribution in [3.8, 4) is 0 Å². The Kier molecular flexibility index (Phi) is 3.87. The smallest absolute Gasteiger partial charge is 0.340 e. The van der Waals surface area contributed by atoms with Crippen molar-refractivity contribution in [2.45, 2.75) is 0 Å². The van der Waals surface area contributed by atoms with E-state index in [0.717, 1.165) is 0 Å². The van der Waals surface area contributed by atoms with Crippen molar-refractivity contribution in [2.24, 2.45) is 0 Å². The van der Waals surface area contributed by atoms with Gasteiger partial charge in [0, 0.05) is 18.0 Å². The Bertz CT molecular complexity index is 826. The molecule has 0 unspecified atom stereocenters. The molecule has 0 amide bonds. The Morgan fingerprint density at radius 1 is 0.909 bits per heavy atom. The van der Waals surface area contributed by atoms with Gasteiger partial charge in [0.15, 0.2) is 12.4 Å². The molecule has 0 fully saturated rings. The molecule has 1 aromatic heterocycles. The minimum absolute atomic E-state index is 0.250. The van der Waals surface area contributed by atoms with Gasteiger partial charge in [-0.05, 0) is 12.1 Å². The summed E-state index contributed by atoms with van der Waals surface area (Å²) in [5, 5.41) is 0. The van der Waals surface area contributed by atoms with Crippen LogP contribution in [0.2, 0.25) is 0 Å². The van der Waals surface area contributed by atoms with Gasteiger partial charge in [-0.25, -0.2) is 4.79 Å². The van der Waals surface area contributed by atoms with Crippen LogP contribution >= 0.6 is 0 Å². The average molecular weight is 292 g/mol. The molecule has 0 saturated heterocycles. The normalized spacial score (nSPS) is 10.4. The highest BCUT2D eigenvalue weighted by Gasteiger charge is 2.15. The highest BCUT2D eigenvalue weighted by Crippen LogP contribution is 2.15. The fourth-order valence-electron chi connectivity index (χ4n) is 2.07. The minimum Gasteiger partial charge on any atom is -0.454 e. The molecule has 0 aliphatic carbocycles. The maximum Gasteiger partial charge on any atom is 0.340 e. The molecule has 0 spiro atoms. The number of hydrogen-bond acceptors (Lipinski definition) is 5. The number of hydrogen-bond donors (Lipinski definition) is 0. The van der Waals surface area contributed by atoms with E-state index in [4.69, 9.17) is 4.74 Å². The van der Waals surface area contributed by atoms with Crippen LogP contribution in [-0.4, -0.2) is 28.3 Å². The highest BCUT2D eigenvalue weighted by atomic mass is 16.5. The second-order valence-electron chi connectivity index (χ2n) is 4.59. The van der Waals surface area contributed by atoms with Crippen molar-refractivity contribution in [1.29, 1.82) is 0 Å². The van der Waals surface area contributed by atoms with Gasteiger partial charge in [0.25, 0.3) is 0 Å². The SMILES string of the molecule is O=C(COC(=O)c1cccc2nccnc12)c1ccccc1. The van der Waals surface area contributed by atoms with Gasteiger partial charge in [0.1, 0.15) is 5.52 Å². The maximum atomic E-state index is 12.2. The molecule has 2 aromatic carbocycles. The number of para-hydroxylation sites is 1. The molecule has 22 heavy (non-hydrogen) atoms. The zero-order valence-corrected chi connectivity index (χ0v) is 11.6. The molecule has 0 N–H and O–H groups in total. The Morgan fingerprint density at radius 3 is 2.50 bits per heavy atom. The number of carbonyl (C=O) groups excluding carboxylic acids is 2. The first-order valence-corrected chi connectivity index (χ1v) is 6.71.